The van der Waals surface area contributed by atoms with Gasteiger partial charge in [-0.2, -0.15) is 0 Å². The molecular formula is C12H9ClFN. The summed E-state index contributed by atoms with van der Waals surface area (Å²) in [6.07, 6.45) is 0. The molecule has 1 N–H and O–H groups in total. The maximum atomic E-state index is 12.2. The highest BCUT2D eigenvalue weighted by Gasteiger charge is 2.02. The van der Waals surface area contributed by atoms with E-state index in [-0.39, 0.29) is 5.69 Å². The first-order chi connectivity index (χ1) is 7.31. The van der Waals surface area contributed by atoms with Crippen LogP contribution in [0.5, 0.6) is 0 Å². The molecule has 15 heavy (non-hydrogen) atoms. The third-order valence-electron chi connectivity index (χ3n) is 2.18. The molecule has 0 unspecified atom stereocenters. The summed E-state index contributed by atoms with van der Waals surface area (Å²) in [7, 11) is 0. The van der Waals surface area contributed by atoms with Crippen LogP contribution in [0.1, 0.15) is 0 Å². The Kier molecular flexibility index (Phi) is 2.88. The predicted octanol–water partition coefficient (Wildman–Crippen LogP) is 4.30. The van der Waals surface area contributed by atoms with E-state index in [4.69, 9.17) is 11.6 Å². The first-order valence-electron chi connectivity index (χ1n) is 4.53. The van der Waals surface area contributed by atoms with Crippen molar-refractivity contribution in [1.82, 2.24) is 0 Å². The minimum absolute atomic E-state index is 0.288. The Balaban J connectivity index is 2.43. The van der Waals surface area contributed by atoms with Crippen molar-refractivity contribution in [1.29, 1.82) is 0 Å². The first-order valence-corrected chi connectivity index (χ1v) is 4.90. The zero-order valence-corrected chi connectivity index (χ0v) is 8.63. The second-order valence-corrected chi connectivity index (χ2v) is 3.56. The molecule has 2 aromatic carbocycles. The van der Waals surface area contributed by atoms with Crippen LogP contribution in [0.3, 0.4) is 0 Å². The molecule has 0 atom stereocenters. The van der Waals surface area contributed by atoms with Gasteiger partial charge in [-0.15, -0.1) is 4.48 Å². The summed E-state index contributed by atoms with van der Waals surface area (Å²) in [6, 6.07) is 15.0. The Bertz CT molecular complexity index is 456. The Hall–Kier alpha value is -1.54. The lowest BCUT2D eigenvalue weighted by Gasteiger charge is -2.04. The number of benzene rings is 2. The van der Waals surface area contributed by atoms with Gasteiger partial charge in [0.2, 0.25) is 0 Å². The molecular weight excluding hydrogens is 213 g/mol. The van der Waals surface area contributed by atoms with Crippen LogP contribution in [0.4, 0.5) is 10.2 Å². The number of rotatable bonds is 2. The molecule has 0 aliphatic carbocycles. The lowest BCUT2D eigenvalue weighted by Crippen LogP contribution is -1.84. The molecule has 0 radical (unpaired) electrons. The van der Waals surface area contributed by atoms with Crippen molar-refractivity contribution in [2.45, 2.75) is 0 Å². The van der Waals surface area contributed by atoms with E-state index >= 15 is 0 Å². The molecule has 0 heterocycles. The molecule has 0 aliphatic rings. The van der Waals surface area contributed by atoms with E-state index in [1.54, 1.807) is 17.7 Å². The molecule has 0 fully saturated rings. The van der Waals surface area contributed by atoms with Crippen LogP contribution < -0.4 is 5.54 Å². The molecule has 1 nitrogen and oxygen atoms in total. The largest absolute Gasteiger partial charge is 0.223 e. The summed E-state index contributed by atoms with van der Waals surface area (Å²) in [5.41, 5.74) is 3.86. The highest BCUT2D eigenvalue weighted by atomic mass is 35.5. The van der Waals surface area contributed by atoms with Crippen molar-refractivity contribution in [3.63, 3.8) is 0 Å². The SMILES string of the molecule is FNc1ccc(-c2ccccc2)cc1Cl. The van der Waals surface area contributed by atoms with Crippen LogP contribution in [0.25, 0.3) is 11.1 Å². The van der Waals surface area contributed by atoms with Crippen LogP contribution >= 0.6 is 11.6 Å². The minimum Gasteiger partial charge on any atom is -0.223 e. The summed E-state index contributed by atoms with van der Waals surface area (Å²) in [5.74, 6) is 0. The molecule has 76 valence electrons. The van der Waals surface area contributed by atoms with Crippen LogP contribution in [-0.2, 0) is 0 Å². The maximum Gasteiger partial charge on any atom is 0.0842 e. The number of hydrogen-bond donors (Lipinski definition) is 1. The summed E-state index contributed by atoms with van der Waals surface area (Å²) in [5, 5.41) is 0.374. The average molecular weight is 222 g/mol. The van der Waals surface area contributed by atoms with E-state index in [1.807, 2.05) is 36.4 Å². The molecule has 0 bridgehead atoms. The predicted molar refractivity (Wildman–Crippen MR) is 61.6 cm³/mol. The summed E-state index contributed by atoms with van der Waals surface area (Å²) in [4.78, 5) is 0. The van der Waals surface area contributed by atoms with Gasteiger partial charge in [-0.25, -0.2) is 5.54 Å². The van der Waals surface area contributed by atoms with Crippen molar-refractivity contribution in [2.75, 3.05) is 5.54 Å². The molecule has 0 aromatic heterocycles. The fourth-order valence-corrected chi connectivity index (χ4v) is 1.62. The van der Waals surface area contributed by atoms with Gasteiger partial charge in [0.1, 0.15) is 0 Å². The zero-order chi connectivity index (χ0) is 10.7. The molecule has 2 rings (SSSR count). The normalized spacial score (nSPS) is 10.0. The first kappa shape index (κ1) is 9.99. The second kappa shape index (κ2) is 4.32. The summed E-state index contributed by atoms with van der Waals surface area (Å²) >= 11 is 5.88. The van der Waals surface area contributed by atoms with Gasteiger partial charge in [-0.3, -0.25) is 0 Å². The summed E-state index contributed by atoms with van der Waals surface area (Å²) in [6.45, 7) is 0. The molecule has 0 spiro atoms. The van der Waals surface area contributed by atoms with Crippen LogP contribution in [0.2, 0.25) is 5.02 Å². The third kappa shape index (κ3) is 2.10. The monoisotopic (exact) mass is 221 g/mol. The second-order valence-electron chi connectivity index (χ2n) is 3.16. The fraction of sp³-hybridized carbons (Fsp3) is 0. The van der Waals surface area contributed by atoms with Gasteiger partial charge >= 0.3 is 0 Å². The third-order valence-corrected chi connectivity index (χ3v) is 2.49. The minimum atomic E-state index is 0.288. The van der Waals surface area contributed by atoms with E-state index in [2.05, 4.69) is 0 Å². The average Bonchev–Trinajstić information content (AvgIpc) is 2.30. The standard InChI is InChI=1S/C12H9ClFN/c13-11-8-10(6-7-12(11)15-14)9-4-2-1-3-5-9/h1-8,15H. The van der Waals surface area contributed by atoms with Crippen LogP contribution in [0, 0.1) is 0 Å². The Morgan fingerprint density at radius 3 is 2.27 bits per heavy atom. The number of halogens is 2. The van der Waals surface area contributed by atoms with E-state index in [0.29, 0.717) is 5.02 Å². The Morgan fingerprint density at radius 2 is 1.67 bits per heavy atom. The quantitative estimate of drug-likeness (QED) is 0.746. The zero-order valence-electron chi connectivity index (χ0n) is 7.87. The Morgan fingerprint density at radius 1 is 0.933 bits per heavy atom. The van der Waals surface area contributed by atoms with Crippen molar-refractivity contribution in [3.8, 4) is 11.1 Å². The van der Waals surface area contributed by atoms with Gasteiger partial charge in [0.05, 0.1) is 10.7 Å². The maximum absolute atomic E-state index is 12.2. The van der Waals surface area contributed by atoms with Crippen LogP contribution in [0.15, 0.2) is 48.5 Å². The Labute approximate surface area is 92.4 Å². The van der Waals surface area contributed by atoms with E-state index in [0.717, 1.165) is 11.1 Å². The number of anilines is 1. The van der Waals surface area contributed by atoms with Gasteiger partial charge in [-0.1, -0.05) is 48.0 Å². The van der Waals surface area contributed by atoms with Crippen molar-refractivity contribution in [3.05, 3.63) is 53.6 Å². The fourth-order valence-electron chi connectivity index (χ4n) is 1.40. The number of nitrogens with one attached hydrogen (secondary N) is 1. The van der Waals surface area contributed by atoms with Gasteiger partial charge < -0.3 is 0 Å². The molecule has 0 amide bonds. The van der Waals surface area contributed by atoms with E-state index < -0.39 is 0 Å². The molecule has 3 heteroatoms. The molecule has 2 aromatic rings. The highest BCUT2D eigenvalue weighted by molar-refractivity contribution is 6.33. The molecule has 0 saturated carbocycles. The van der Waals surface area contributed by atoms with Gasteiger partial charge in [0, 0.05) is 0 Å². The summed E-state index contributed by atoms with van der Waals surface area (Å²) < 4.78 is 12.2. The van der Waals surface area contributed by atoms with Crippen molar-refractivity contribution < 1.29 is 4.48 Å². The van der Waals surface area contributed by atoms with Gasteiger partial charge in [0.25, 0.3) is 0 Å². The van der Waals surface area contributed by atoms with Gasteiger partial charge in [-0.05, 0) is 23.3 Å². The molecule has 0 aliphatic heterocycles. The van der Waals surface area contributed by atoms with E-state index in [1.165, 1.54) is 0 Å². The lowest BCUT2D eigenvalue weighted by atomic mass is 10.1. The van der Waals surface area contributed by atoms with E-state index in [9.17, 15) is 4.48 Å². The molecule has 0 saturated heterocycles. The number of hydrogen-bond acceptors (Lipinski definition) is 1. The lowest BCUT2D eigenvalue weighted by molar-refractivity contribution is 0.618. The topological polar surface area (TPSA) is 12.0 Å². The van der Waals surface area contributed by atoms with Gasteiger partial charge in [0.15, 0.2) is 0 Å². The van der Waals surface area contributed by atoms with Crippen molar-refractivity contribution in [2.24, 2.45) is 0 Å². The smallest absolute Gasteiger partial charge is 0.0842 e. The van der Waals surface area contributed by atoms with Crippen LogP contribution in [-0.4, -0.2) is 0 Å². The highest BCUT2D eigenvalue weighted by Crippen LogP contribution is 2.28. The van der Waals surface area contributed by atoms with Crippen molar-refractivity contribution >= 4 is 17.3 Å².